The molecule has 2 aromatic rings. The number of rotatable bonds is 6. The van der Waals surface area contributed by atoms with Gasteiger partial charge in [0.1, 0.15) is 0 Å². The van der Waals surface area contributed by atoms with E-state index < -0.39 is 10.8 Å². The van der Waals surface area contributed by atoms with Gasteiger partial charge >= 0.3 is 0 Å². The minimum atomic E-state index is -1.19. The van der Waals surface area contributed by atoms with Crippen molar-refractivity contribution >= 4 is 21.4 Å². The van der Waals surface area contributed by atoms with Gasteiger partial charge in [-0.25, -0.2) is 4.21 Å². The first-order chi connectivity index (χ1) is 10.6. The SMILES string of the molecule is CCCC/C=C(/c1cccc(N)c1)[S@@](=O)c1ccc(C)cc1. The number of aryl methyl sites for hydroxylation is 1. The zero-order chi connectivity index (χ0) is 15.9. The number of benzene rings is 2. The highest BCUT2D eigenvalue weighted by atomic mass is 32.2. The Kier molecular flexibility index (Phi) is 5.96. The van der Waals surface area contributed by atoms with Crippen molar-refractivity contribution in [3.05, 3.63) is 65.7 Å². The molecule has 2 N–H and O–H groups in total. The van der Waals surface area contributed by atoms with Gasteiger partial charge in [-0.3, -0.25) is 0 Å². The predicted octanol–water partition coefficient (Wildman–Crippen LogP) is 4.92. The van der Waals surface area contributed by atoms with Crippen LogP contribution in [0.2, 0.25) is 0 Å². The van der Waals surface area contributed by atoms with Gasteiger partial charge in [0.25, 0.3) is 0 Å². The fourth-order valence-corrected chi connectivity index (χ4v) is 3.47. The number of anilines is 1. The maximum absolute atomic E-state index is 13.0. The topological polar surface area (TPSA) is 43.1 Å². The fourth-order valence-electron chi connectivity index (χ4n) is 2.22. The van der Waals surface area contributed by atoms with E-state index in [-0.39, 0.29) is 0 Å². The van der Waals surface area contributed by atoms with Crippen LogP contribution in [0.1, 0.15) is 37.3 Å². The Balaban J connectivity index is 2.37. The summed E-state index contributed by atoms with van der Waals surface area (Å²) in [7, 11) is -1.19. The van der Waals surface area contributed by atoms with E-state index in [0.29, 0.717) is 5.69 Å². The van der Waals surface area contributed by atoms with Crippen LogP contribution >= 0.6 is 0 Å². The number of allylic oxidation sites excluding steroid dienone is 1. The van der Waals surface area contributed by atoms with Crippen molar-refractivity contribution in [3.63, 3.8) is 0 Å². The molecule has 0 aliphatic rings. The molecule has 0 saturated carbocycles. The summed E-state index contributed by atoms with van der Waals surface area (Å²) in [5.74, 6) is 0. The largest absolute Gasteiger partial charge is 0.399 e. The van der Waals surface area contributed by atoms with Crippen LogP contribution in [0.4, 0.5) is 5.69 Å². The molecule has 2 nitrogen and oxygen atoms in total. The van der Waals surface area contributed by atoms with Crippen molar-refractivity contribution in [3.8, 4) is 0 Å². The van der Waals surface area contributed by atoms with E-state index >= 15 is 0 Å². The molecular weight excluding hydrogens is 290 g/mol. The molecule has 22 heavy (non-hydrogen) atoms. The second-order valence-electron chi connectivity index (χ2n) is 5.42. The van der Waals surface area contributed by atoms with Gasteiger partial charge in [0.2, 0.25) is 0 Å². The van der Waals surface area contributed by atoms with Crippen LogP contribution in [0, 0.1) is 6.92 Å². The monoisotopic (exact) mass is 313 g/mol. The summed E-state index contributed by atoms with van der Waals surface area (Å²) in [4.78, 5) is 1.68. The summed E-state index contributed by atoms with van der Waals surface area (Å²) < 4.78 is 13.0. The van der Waals surface area contributed by atoms with Gasteiger partial charge in [-0.1, -0.05) is 55.7 Å². The Bertz CT molecular complexity index is 674. The standard InChI is InChI=1S/C19H23NOS/c1-3-4-5-9-19(16-7-6-8-17(20)14-16)22(21)18-12-10-15(2)11-13-18/h6-14H,3-5,20H2,1-2H3/b19-9-/t22-/m0/s1. The van der Waals surface area contributed by atoms with E-state index in [4.69, 9.17) is 5.73 Å². The molecule has 2 aromatic carbocycles. The third kappa shape index (κ3) is 4.31. The van der Waals surface area contributed by atoms with Crippen molar-refractivity contribution in [1.29, 1.82) is 0 Å². The first kappa shape index (κ1) is 16.5. The molecule has 0 unspecified atom stereocenters. The third-order valence-corrected chi connectivity index (χ3v) is 5.00. The Morgan fingerprint density at radius 2 is 1.91 bits per heavy atom. The van der Waals surface area contributed by atoms with Gasteiger partial charge < -0.3 is 5.73 Å². The molecule has 0 heterocycles. The quantitative estimate of drug-likeness (QED) is 0.608. The molecule has 0 radical (unpaired) electrons. The Morgan fingerprint density at radius 1 is 1.18 bits per heavy atom. The molecule has 0 aliphatic heterocycles. The molecule has 0 amide bonds. The second kappa shape index (κ2) is 7.95. The lowest BCUT2D eigenvalue weighted by atomic mass is 10.1. The molecule has 0 spiro atoms. The van der Waals surface area contributed by atoms with Gasteiger partial charge in [-0.15, -0.1) is 0 Å². The van der Waals surface area contributed by atoms with Crippen LogP contribution in [-0.4, -0.2) is 4.21 Å². The van der Waals surface area contributed by atoms with Gasteiger partial charge in [0.05, 0.1) is 10.8 Å². The average Bonchev–Trinajstić information content (AvgIpc) is 2.52. The summed E-state index contributed by atoms with van der Waals surface area (Å²) in [6.07, 6.45) is 5.24. The molecule has 0 aromatic heterocycles. The summed E-state index contributed by atoms with van der Waals surface area (Å²) in [5, 5.41) is 0. The van der Waals surface area contributed by atoms with Gasteiger partial charge in [0, 0.05) is 15.5 Å². The second-order valence-corrected chi connectivity index (χ2v) is 6.87. The summed E-state index contributed by atoms with van der Waals surface area (Å²) >= 11 is 0. The van der Waals surface area contributed by atoms with E-state index in [1.165, 1.54) is 5.56 Å². The summed E-state index contributed by atoms with van der Waals surface area (Å²) in [6.45, 7) is 4.19. The average molecular weight is 313 g/mol. The Labute approximate surface area is 135 Å². The van der Waals surface area contributed by atoms with Gasteiger partial charge in [-0.05, 0) is 43.2 Å². The Morgan fingerprint density at radius 3 is 2.55 bits per heavy atom. The van der Waals surface area contributed by atoms with Crippen LogP contribution in [-0.2, 0) is 10.8 Å². The molecule has 0 fully saturated rings. The minimum absolute atomic E-state index is 0.694. The molecule has 1 atom stereocenters. The molecule has 3 heteroatoms. The van der Waals surface area contributed by atoms with E-state index in [1.807, 2.05) is 55.5 Å². The van der Waals surface area contributed by atoms with Crippen LogP contribution in [0.3, 0.4) is 0 Å². The van der Waals surface area contributed by atoms with Crippen LogP contribution in [0.15, 0.2) is 59.5 Å². The molecule has 0 bridgehead atoms. The number of nitrogens with two attached hydrogens (primary N) is 1. The van der Waals surface area contributed by atoms with E-state index in [1.54, 1.807) is 0 Å². The van der Waals surface area contributed by atoms with Crippen molar-refractivity contribution in [1.82, 2.24) is 0 Å². The van der Waals surface area contributed by atoms with Gasteiger partial charge in [0.15, 0.2) is 0 Å². The highest BCUT2D eigenvalue weighted by molar-refractivity contribution is 7.94. The number of hydrogen-bond acceptors (Lipinski definition) is 2. The number of hydrogen-bond donors (Lipinski definition) is 1. The van der Waals surface area contributed by atoms with Crippen molar-refractivity contribution in [2.24, 2.45) is 0 Å². The molecular formula is C19H23NOS. The third-order valence-electron chi connectivity index (χ3n) is 3.49. The zero-order valence-corrected chi connectivity index (χ0v) is 14.0. The molecule has 116 valence electrons. The maximum atomic E-state index is 13.0. The van der Waals surface area contributed by atoms with Crippen molar-refractivity contribution in [2.45, 2.75) is 38.0 Å². The lowest BCUT2D eigenvalue weighted by Crippen LogP contribution is -1.98. The predicted molar refractivity (Wildman–Crippen MR) is 95.9 cm³/mol. The van der Waals surface area contributed by atoms with E-state index in [0.717, 1.165) is 34.6 Å². The first-order valence-electron chi connectivity index (χ1n) is 7.66. The van der Waals surface area contributed by atoms with Crippen molar-refractivity contribution in [2.75, 3.05) is 5.73 Å². The van der Waals surface area contributed by atoms with E-state index in [9.17, 15) is 4.21 Å². The normalized spacial score (nSPS) is 13.1. The maximum Gasteiger partial charge on any atom is 0.0852 e. The fraction of sp³-hybridized carbons (Fsp3) is 0.263. The van der Waals surface area contributed by atoms with E-state index in [2.05, 4.69) is 13.0 Å². The molecule has 0 saturated heterocycles. The lowest BCUT2D eigenvalue weighted by molar-refractivity contribution is 0.689. The van der Waals surface area contributed by atoms with Crippen molar-refractivity contribution < 1.29 is 4.21 Å². The lowest BCUT2D eigenvalue weighted by Gasteiger charge is -2.10. The van der Waals surface area contributed by atoms with Crippen LogP contribution in [0.25, 0.3) is 4.91 Å². The summed E-state index contributed by atoms with van der Waals surface area (Å²) in [6, 6.07) is 15.5. The highest BCUT2D eigenvalue weighted by Gasteiger charge is 2.12. The molecule has 2 rings (SSSR count). The first-order valence-corrected chi connectivity index (χ1v) is 8.81. The number of nitrogen functional groups attached to an aromatic ring is 1. The smallest absolute Gasteiger partial charge is 0.0852 e. The Hall–Kier alpha value is -1.87. The highest BCUT2D eigenvalue weighted by Crippen LogP contribution is 2.26. The molecule has 0 aliphatic carbocycles. The number of unbranched alkanes of at least 4 members (excludes halogenated alkanes) is 2. The summed E-state index contributed by atoms with van der Waals surface area (Å²) in [5.41, 5.74) is 8.69. The van der Waals surface area contributed by atoms with Crippen LogP contribution < -0.4 is 5.73 Å². The zero-order valence-electron chi connectivity index (χ0n) is 13.2. The minimum Gasteiger partial charge on any atom is -0.399 e. The van der Waals surface area contributed by atoms with Crippen LogP contribution in [0.5, 0.6) is 0 Å². The van der Waals surface area contributed by atoms with Gasteiger partial charge in [-0.2, -0.15) is 0 Å².